The molecule has 0 fully saturated rings. The predicted octanol–water partition coefficient (Wildman–Crippen LogP) is 7.32. The zero-order valence-corrected chi connectivity index (χ0v) is 23.5. The summed E-state index contributed by atoms with van der Waals surface area (Å²) in [5.74, 6) is 0.672. The van der Waals surface area contributed by atoms with E-state index >= 15 is 0 Å². The maximum atomic E-state index is 13.2. The number of hydrogen-bond acceptors (Lipinski definition) is 7. The highest BCUT2D eigenvalue weighted by atomic mass is 16.6. The second-order valence-electron chi connectivity index (χ2n) is 9.62. The molecule has 0 spiro atoms. The van der Waals surface area contributed by atoms with Crippen LogP contribution in [0.2, 0.25) is 0 Å². The third-order valence-electron chi connectivity index (χ3n) is 6.55. The monoisotopic (exact) mass is 578 g/mol. The summed E-state index contributed by atoms with van der Waals surface area (Å²) < 4.78 is 18.9. The number of fused-ring (bicyclic) bond motifs is 1. The van der Waals surface area contributed by atoms with Crippen LogP contribution >= 0.6 is 0 Å². The fraction of sp³-hybridized carbons (Fsp3) is 0.152. The summed E-state index contributed by atoms with van der Waals surface area (Å²) >= 11 is 0. The van der Waals surface area contributed by atoms with Gasteiger partial charge in [0.2, 0.25) is 0 Å². The zero-order valence-electron chi connectivity index (χ0n) is 23.5. The lowest BCUT2D eigenvalue weighted by molar-refractivity contribution is 0.0991. The molecule has 0 aliphatic carbocycles. The topological polar surface area (TPSA) is 126 Å². The quantitative estimate of drug-likeness (QED) is 0.172. The van der Waals surface area contributed by atoms with Crippen molar-refractivity contribution >= 4 is 34.8 Å². The van der Waals surface area contributed by atoms with Gasteiger partial charge in [-0.1, -0.05) is 56.2 Å². The number of pyridine rings is 1. The number of unbranched alkanes of at least 4 members (excludes halogenated alkanes) is 2. The minimum absolute atomic E-state index is 0.0708. The van der Waals surface area contributed by atoms with Crippen LogP contribution in [0.15, 0.2) is 103 Å². The number of benzene rings is 3. The van der Waals surface area contributed by atoms with Crippen molar-refractivity contribution in [3.8, 4) is 23.0 Å². The molecule has 0 bridgehead atoms. The molecule has 3 amide bonds. The van der Waals surface area contributed by atoms with Crippen LogP contribution in [-0.4, -0.2) is 27.6 Å². The highest BCUT2D eigenvalue weighted by Gasteiger charge is 2.29. The Morgan fingerprint density at radius 3 is 2.00 bits per heavy atom. The van der Waals surface area contributed by atoms with Crippen LogP contribution in [0.25, 0.3) is 10.9 Å². The largest absolute Gasteiger partial charge is 0.457 e. The first-order valence-corrected chi connectivity index (χ1v) is 13.8. The summed E-state index contributed by atoms with van der Waals surface area (Å²) in [6, 6.07) is 26.9. The Morgan fingerprint density at radius 1 is 0.767 bits per heavy atom. The Balaban J connectivity index is 1.42. The lowest BCUT2D eigenvalue weighted by Crippen LogP contribution is -2.41. The molecule has 10 heteroatoms. The van der Waals surface area contributed by atoms with Crippen LogP contribution in [-0.2, 0) is 6.54 Å². The normalized spacial score (nSPS) is 10.7. The first kappa shape index (κ1) is 28.9. The van der Waals surface area contributed by atoms with E-state index in [1.165, 1.54) is 12.3 Å². The van der Waals surface area contributed by atoms with Gasteiger partial charge >= 0.3 is 12.2 Å². The van der Waals surface area contributed by atoms with Gasteiger partial charge in [0, 0.05) is 29.7 Å². The van der Waals surface area contributed by atoms with Crippen molar-refractivity contribution in [2.45, 2.75) is 32.7 Å². The first-order valence-electron chi connectivity index (χ1n) is 13.8. The highest BCUT2D eigenvalue weighted by Crippen LogP contribution is 2.30. The van der Waals surface area contributed by atoms with Gasteiger partial charge in [-0.3, -0.25) is 4.79 Å². The fourth-order valence-electron chi connectivity index (χ4n) is 4.53. The van der Waals surface area contributed by atoms with E-state index in [2.05, 4.69) is 11.9 Å². The molecule has 5 rings (SSSR count). The minimum atomic E-state index is -1.01. The van der Waals surface area contributed by atoms with E-state index < -0.39 is 18.1 Å². The predicted molar refractivity (Wildman–Crippen MR) is 162 cm³/mol. The smallest absolute Gasteiger partial charge is 0.430 e. The molecule has 10 nitrogen and oxygen atoms in total. The van der Waals surface area contributed by atoms with E-state index in [-0.39, 0.29) is 17.3 Å². The first-order chi connectivity index (χ1) is 20.9. The lowest BCUT2D eigenvalue weighted by atomic mass is 10.2. The summed E-state index contributed by atoms with van der Waals surface area (Å²) in [6.07, 6.45) is 2.40. The van der Waals surface area contributed by atoms with E-state index in [0.29, 0.717) is 28.6 Å². The number of nitrogens with two attached hydrogens (primary N) is 1. The Morgan fingerprint density at radius 2 is 1.40 bits per heavy atom. The van der Waals surface area contributed by atoms with E-state index in [9.17, 15) is 14.4 Å². The molecular weight excluding hydrogens is 548 g/mol. The third-order valence-corrected chi connectivity index (χ3v) is 6.55. The van der Waals surface area contributed by atoms with Crippen molar-refractivity contribution in [3.05, 3.63) is 109 Å². The number of aromatic nitrogens is 2. The number of imide groups is 1. The van der Waals surface area contributed by atoms with Crippen molar-refractivity contribution in [1.82, 2.24) is 9.55 Å². The standard InChI is InChI=1S/C33H30N4O6/c1-2-3-10-19-36-28-16-15-26(20-23(28)21-29(36)31(34)38)41-27-17-18-35-30(22-27)37(32(39)42-24-11-6-4-7-12-24)33(40)43-25-13-8-5-9-14-25/h4-9,11-18,20-22H,2-3,10,19H2,1H3,(H2,34,38). The second-order valence-corrected chi connectivity index (χ2v) is 9.62. The van der Waals surface area contributed by atoms with Crippen molar-refractivity contribution < 1.29 is 28.6 Å². The number of anilines is 1. The summed E-state index contributed by atoms with van der Waals surface area (Å²) in [4.78, 5) is 43.5. The minimum Gasteiger partial charge on any atom is -0.457 e. The third kappa shape index (κ3) is 6.99. The number of amides is 3. The van der Waals surface area contributed by atoms with Crippen LogP contribution < -0.4 is 24.8 Å². The molecule has 5 aromatic rings. The maximum Gasteiger partial charge on any atom is 0.430 e. The number of ether oxygens (including phenoxy) is 3. The van der Waals surface area contributed by atoms with Crippen LogP contribution in [0.3, 0.4) is 0 Å². The maximum absolute atomic E-state index is 13.2. The van der Waals surface area contributed by atoms with Crippen LogP contribution in [0.5, 0.6) is 23.0 Å². The van der Waals surface area contributed by atoms with E-state index in [4.69, 9.17) is 19.9 Å². The Kier molecular flexibility index (Phi) is 8.96. The van der Waals surface area contributed by atoms with Gasteiger partial charge in [-0.2, -0.15) is 4.90 Å². The number of carbonyl (C=O) groups excluding carboxylic acids is 3. The van der Waals surface area contributed by atoms with E-state index in [1.807, 2.05) is 10.6 Å². The molecule has 0 aliphatic heterocycles. The van der Waals surface area contributed by atoms with E-state index in [0.717, 1.165) is 30.2 Å². The van der Waals surface area contributed by atoms with Crippen LogP contribution in [0, 0.1) is 0 Å². The average Bonchev–Trinajstić information content (AvgIpc) is 3.37. The molecule has 0 saturated carbocycles. The number of aryl methyl sites for hydroxylation is 1. The number of nitrogens with zero attached hydrogens (tertiary/aromatic N) is 3. The van der Waals surface area contributed by atoms with Gasteiger partial charge in [0.05, 0.1) is 0 Å². The number of rotatable bonds is 10. The molecule has 0 unspecified atom stereocenters. The van der Waals surface area contributed by atoms with Gasteiger partial charge in [-0.05, 0) is 61.0 Å². The van der Waals surface area contributed by atoms with Crippen molar-refractivity contribution in [2.75, 3.05) is 4.90 Å². The molecular formula is C33H30N4O6. The van der Waals surface area contributed by atoms with Crippen molar-refractivity contribution in [2.24, 2.45) is 5.73 Å². The number of hydrogen-bond donors (Lipinski definition) is 1. The molecule has 0 atom stereocenters. The molecule has 0 saturated heterocycles. The zero-order chi connectivity index (χ0) is 30.2. The molecule has 0 radical (unpaired) electrons. The number of para-hydroxylation sites is 2. The summed E-state index contributed by atoms with van der Waals surface area (Å²) in [6.45, 7) is 2.80. The summed E-state index contributed by atoms with van der Waals surface area (Å²) in [5.41, 5.74) is 6.95. The van der Waals surface area contributed by atoms with Crippen LogP contribution in [0.4, 0.5) is 15.4 Å². The van der Waals surface area contributed by atoms with Gasteiger partial charge < -0.3 is 24.5 Å². The average molecular weight is 579 g/mol. The van der Waals surface area contributed by atoms with Gasteiger partial charge in [-0.15, -0.1) is 0 Å². The molecule has 3 aromatic carbocycles. The molecule has 2 aromatic heterocycles. The number of carbonyl (C=O) groups is 3. The molecule has 2 N–H and O–H groups in total. The SMILES string of the molecule is CCCCCn1c(C(N)=O)cc2cc(Oc3ccnc(N(C(=O)Oc4ccccc4)C(=O)Oc4ccccc4)c3)ccc21. The summed E-state index contributed by atoms with van der Waals surface area (Å²) in [5, 5.41) is 0.789. The fourth-order valence-corrected chi connectivity index (χ4v) is 4.53. The van der Waals surface area contributed by atoms with Gasteiger partial charge in [0.1, 0.15) is 28.7 Å². The number of primary amides is 1. The van der Waals surface area contributed by atoms with Gasteiger partial charge in [0.25, 0.3) is 5.91 Å². The Hall–Kier alpha value is -5.64. The molecule has 43 heavy (non-hydrogen) atoms. The van der Waals surface area contributed by atoms with E-state index in [1.54, 1.807) is 84.9 Å². The second kappa shape index (κ2) is 13.3. The van der Waals surface area contributed by atoms with Crippen molar-refractivity contribution in [1.29, 1.82) is 0 Å². The molecule has 0 aliphatic rings. The Labute approximate surface area is 248 Å². The highest BCUT2D eigenvalue weighted by molar-refractivity contribution is 6.09. The summed E-state index contributed by atoms with van der Waals surface area (Å²) in [7, 11) is 0. The molecule has 218 valence electrons. The Bertz CT molecular complexity index is 1680. The molecule has 2 heterocycles. The van der Waals surface area contributed by atoms with Gasteiger partial charge in [0.15, 0.2) is 5.82 Å². The van der Waals surface area contributed by atoms with Gasteiger partial charge in [-0.25, -0.2) is 14.6 Å². The van der Waals surface area contributed by atoms with Crippen molar-refractivity contribution in [3.63, 3.8) is 0 Å². The lowest BCUT2D eigenvalue weighted by Gasteiger charge is -2.19. The van der Waals surface area contributed by atoms with Crippen LogP contribution in [0.1, 0.15) is 36.7 Å².